The summed E-state index contributed by atoms with van der Waals surface area (Å²) >= 11 is 0. The number of hydrogen-bond donors (Lipinski definition) is 1. The Balaban J connectivity index is 2.12. The minimum Gasteiger partial charge on any atom is -0.320 e. The van der Waals surface area contributed by atoms with E-state index in [0.29, 0.717) is 10.8 Å². The van der Waals surface area contributed by atoms with Crippen LogP contribution in [0, 0.1) is 0 Å². The number of hydrogen-bond acceptors (Lipinski definition) is 3. The van der Waals surface area contributed by atoms with Gasteiger partial charge in [0.25, 0.3) is 11.5 Å². The Bertz CT molecular complexity index is 1020. The Morgan fingerprint density at radius 1 is 0.962 bits per heavy atom. The van der Waals surface area contributed by atoms with E-state index >= 15 is 0 Å². The van der Waals surface area contributed by atoms with E-state index in [4.69, 9.17) is 0 Å². The highest BCUT2D eigenvalue weighted by molar-refractivity contribution is 6.11. The van der Waals surface area contributed by atoms with Crippen LogP contribution in [0.4, 0.5) is 5.69 Å². The van der Waals surface area contributed by atoms with Gasteiger partial charge >= 0.3 is 0 Å². The molecule has 0 aliphatic carbocycles. The van der Waals surface area contributed by atoms with Crippen molar-refractivity contribution in [1.29, 1.82) is 0 Å². The molecule has 0 aliphatic heterocycles. The molecule has 1 heterocycles. The maximum Gasteiger partial charge on any atom is 0.276 e. The molecule has 0 radical (unpaired) electrons. The molecule has 2 aromatic carbocycles. The Kier molecular flexibility index (Phi) is 4.89. The predicted octanol–water partition coefficient (Wildman–Crippen LogP) is 4.35. The fraction of sp³-hybridized carbons (Fsp3) is 0.286. The maximum atomic E-state index is 13.0. The first-order chi connectivity index (χ1) is 12.4. The van der Waals surface area contributed by atoms with Gasteiger partial charge in [0.2, 0.25) is 0 Å². The number of fused-ring (bicyclic) bond motifs is 1. The first-order valence-corrected chi connectivity index (χ1v) is 8.82. The summed E-state index contributed by atoms with van der Waals surface area (Å²) in [6.45, 7) is 7.91. The van der Waals surface area contributed by atoms with Crippen LogP contribution in [0.25, 0.3) is 10.8 Å². The quantitative estimate of drug-likeness (QED) is 0.761. The summed E-state index contributed by atoms with van der Waals surface area (Å²) in [6, 6.07) is 14.7. The fourth-order valence-corrected chi connectivity index (χ4v) is 3.02. The van der Waals surface area contributed by atoms with Crippen LogP contribution in [0.5, 0.6) is 0 Å². The lowest BCUT2D eigenvalue weighted by molar-refractivity contribution is 0.102. The van der Waals surface area contributed by atoms with Gasteiger partial charge in [-0.25, -0.2) is 4.68 Å². The molecule has 134 valence electrons. The van der Waals surface area contributed by atoms with Gasteiger partial charge in [-0.2, -0.15) is 5.10 Å². The summed E-state index contributed by atoms with van der Waals surface area (Å²) < 4.78 is 1.37. The lowest BCUT2D eigenvalue weighted by Gasteiger charge is -2.16. The van der Waals surface area contributed by atoms with Crippen LogP contribution in [0.15, 0.2) is 53.3 Å². The molecule has 0 saturated heterocycles. The number of aromatic nitrogens is 2. The number of carbonyl (C=O) groups is 1. The normalized spacial score (nSPS) is 11.3. The molecular formula is C21H23N3O2. The number of amides is 1. The van der Waals surface area contributed by atoms with Crippen molar-refractivity contribution in [2.75, 3.05) is 5.32 Å². The molecule has 5 nitrogen and oxygen atoms in total. The van der Waals surface area contributed by atoms with Crippen LogP contribution in [0.1, 0.15) is 55.7 Å². The minimum atomic E-state index is -0.316. The lowest BCUT2D eigenvalue weighted by atomic mass is 10.0. The average Bonchev–Trinajstić information content (AvgIpc) is 2.62. The molecule has 26 heavy (non-hydrogen) atoms. The molecule has 1 amide bonds. The molecular weight excluding hydrogens is 326 g/mol. The summed E-state index contributed by atoms with van der Waals surface area (Å²) in [5, 5.41) is 8.39. The van der Waals surface area contributed by atoms with Gasteiger partial charge in [0.05, 0.1) is 11.4 Å². The summed E-state index contributed by atoms with van der Waals surface area (Å²) in [4.78, 5) is 25.6. The molecule has 0 saturated carbocycles. The first kappa shape index (κ1) is 17.9. The Morgan fingerprint density at radius 2 is 1.58 bits per heavy atom. The number of nitrogens with one attached hydrogen (secondary N) is 1. The Hall–Kier alpha value is -2.95. The van der Waals surface area contributed by atoms with Gasteiger partial charge in [-0.05, 0) is 37.5 Å². The second-order valence-corrected chi connectivity index (χ2v) is 6.93. The number of carbonyl (C=O) groups excluding carboxylic acids is 1. The monoisotopic (exact) mass is 349 g/mol. The molecule has 0 bridgehead atoms. The van der Waals surface area contributed by atoms with Gasteiger partial charge < -0.3 is 5.32 Å². The first-order valence-electron chi connectivity index (χ1n) is 8.82. The zero-order chi connectivity index (χ0) is 18.8. The van der Waals surface area contributed by atoms with E-state index in [0.717, 1.165) is 11.3 Å². The van der Waals surface area contributed by atoms with E-state index < -0.39 is 0 Å². The van der Waals surface area contributed by atoms with Gasteiger partial charge in [0.1, 0.15) is 0 Å². The number of nitrogens with zero attached hydrogens (tertiary/aromatic N) is 2. The van der Waals surface area contributed by atoms with Crippen molar-refractivity contribution in [2.24, 2.45) is 0 Å². The molecule has 5 heteroatoms. The summed E-state index contributed by atoms with van der Waals surface area (Å²) in [7, 11) is 0. The van der Waals surface area contributed by atoms with E-state index in [-0.39, 0.29) is 29.1 Å². The summed E-state index contributed by atoms with van der Waals surface area (Å²) in [6.07, 6.45) is 0. The number of anilines is 1. The van der Waals surface area contributed by atoms with Gasteiger partial charge in [-0.15, -0.1) is 0 Å². The van der Waals surface area contributed by atoms with Crippen molar-refractivity contribution >= 4 is 22.4 Å². The molecule has 0 spiro atoms. The van der Waals surface area contributed by atoms with Crippen molar-refractivity contribution in [1.82, 2.24) is 9.78 Å². The summed E-state index contributed by atoms with van der Waals surface area (Å²) in [5.74, 6) is -0.0375. The smallest absolute Gasteiger partial charge is 0.276 e. The van der Waals surface area contributed by atoms with Crippen LogP contribution in [0.3, 0.4) is 0 Å². The van der Waals surface area contributed by atoms with E-state index in [1.807, 2.05) is 44.2 Å². The summed E-state index contributed by atoms with van der Waals surface area (Å²) in [5.41, 5.74) is 1.89. The molecule has 3 rings (SSSR count). The predicted molar refractivity (Wildman–Crippen MR) is 105 cm³/mol. The van der Waals surface area contributed by atoms with Crippen LogP contribution < -0.4 is 10.9 Å². The van der Waals surface area contributed by atoms with E-state index in [2.05, 4.69) is 24.3 Å². The number of para-hydroxylation sites is 1. The second-order valence-electron chi connectivity index (χ2n) is 6.93. The average molecular weight is 349 g/mol. The van der Waals surface area contributed by atoms with Gasteiger partial charge in [0.15, 0.2) is 5.69 Å². The highest BCUT2D eigenvalue weighted by Crippen LogP contribution is 2.25. The van der Waals surface area contributed by atoms with Crippen molar-refractivity contribution in [3.05, 3.63) is 70.1 Å². The Morgan fingerprint density at radius 3 is 2.23 bits per heavy atom. The van der Waals surface area contributed by atoms with Gasteiger partial charge in [-0.1, -0.05) is 50.2 Å². The topological polar surface area (TPSA) is 64.0 Å². The number of benzene rings is 2. The van der Waals surface area contributed by atoms with Crippen molar-refractivity contribution in [3.8, 4) is 0 Å². The lowest BCUT2D eigenvalue weighted by Crippen LogP contribution is -2.29. The van der Waals surface area contributed by atoms with Gasteiger partial charge in [-0.3, -0.25) is 9.59 Å². The molecule has 0 unspecified atom stereocenters. The minimum absolute atomic E-state index is 0.137. The third-order valence-electron chi connectivity index (χ3n) is 4.36. The van der Waals surface area contributed by atoms with Gasteiger partial charge in [0, 0.05) is 11.1 Å². The van der Waals surface area contributed by atoms with Crippen LogP contribution in [-0.4, -0.2) is 15.7 Å². The van der Waals surface area contributed by atoms with Crippen molar-refractivity contribution in [2.45, 2.75) is 39.7 Å². The second kappa shape index (κ2) is 7.12. The number of rotatable bonds is 4. The Labute approximate surface area is 152 Å². The standard InChI is InChI=1S/C21H23N3O2/c1-13(2)15-9-7-8-12-18(15)22-20(25)19-16-10-5-6-11-17(16)21(26)24(23-19)14(3)4/h5-14H,1-4H3,(H,22,25). The molecule has 3 aromatic rings. The van der Waals surface area contributed by atoms with E-state index in [9.17, 15) is 9.59 Å². The largest absolute Gasteiger partial charge is 0.320 e. The van der Waals surface area contributed by atoms with Crippen LogP contribution in [0.2, 0.25) is 0 Å². The maximum absolute atomic E-state index is 13.0. The zero-order valence-electron chi connectivity index (χ0n) is 15.5. The molecule has 0 fully saturated rings. The van der Waals surface area contributed by atoms with E-state index in [1.165, 1.54) is 4.68 Å². The highest BCUT2D eigenvalue weighted by atomic mass is 16.2. The fourth-order valence-electron chi connectivity index (χ4n) is 3.02. The molecule has 1 N–H and O–H groups in total. The highest BCUT2D eigenvalue weighted by Gasteiger charge is 2.19. The molecule has 1 aromatic heterocycles. The van der Waals surface area contributed by atoms with Crippen molar-refractivity contribution in [3.63, 3.8) is 0 Å². The SMILES string of the molecule is CC(C)c1ccccc1NC(=O)c1nn(C(C)C)c(=O)c2ccccc12. The van der Waals surface area contributed by atoms with E-state index in [1.54, 1.807) is 18.2 Å². The van der Waals surface area contributed by atoms with Crippen LogP contribution in [-0.2, 0) is 0 Å². The molecule has 0 atom stereocenters. The van der Waals surface area contributed by atoms with Crippen LogP contribution >= 0.6 is 0 Å². The third-order valence-corrected chi connectivity index (χ3v) is 4.36. The van der Waals surface area contributed by atoms with Crippen molar-refractivity contribution < 1.29 is 4.79 Å². The zero-order valence-corrected chi connectivity index (χ0v) is 15.5. The third kappa shape index (κ3) is 3.25. The molecule has 0 aliphatic rings.